The van der Waals surface area contributed by atoms with Crippen molar-refractivity contribution in [2.75, 3.05) is 13.2 Å². The van der Waals surface area contributed by atoms with Gasteiger partial charge in [-0.2, -0.15) is 0 Å². The fourth-order valence-corrected chi connectivity index (χ4v) is 2.27. The molecule has 0 aliphatic heterocycles. The molecule has 0 spiro atoms. The predicted octanol–water partition coefficient (Wildman–Crippen LogP) is 3.65. The maximum Gasteiger partial charge on any atom is 0.125 e. The van der Waals surface area contributed by atoms with Crippen LogP contribution in [0.2, 0.25) is 0 Å². The first-order chi connectivity index (χ1) is 8.54. The summed E-state index contributed by atoms with van der Waals surface area (Å²) in [6, 6.07) is 4.42. The summed E-state index contributed by atoms with van der Waals surface area (Å²) in [5, 5.41) is 8.81. The summed E-state index contributed by atoms with van der Waals surface area (Å²) < 4.78 is 5.56. The zero-order chi connectivity index (χ0) is 13.5. The number of benzene rings is 1. The lowest BCUT2D eigenvalue weighted by Crippen LogP contribution is -2.05. The molecule has 0 atom stereocenters. The van der Waals surface area contributed by atoms with E-state index in [1.807, 2.05) is 0 Å². The number of hydrogen-bond acceptors (Lipinski definition) is 2. The van der Waals surface area contributed by atoms with Gasteiger partial charge in [0.15, 0.2) is 0 Å². The van der Waals surface area contributed by atoms with Crippen molar-refractivity contribution < 1.29 is 9.84 Å². The Morgan fingerprint density at radius 1 is 1.17 bits per heavy atom. The van der Waals surface area contributed by atoms with Crippen molar-refractivity contribution in [2.45, 2.75) is 47.0 Å². The van der Waals surface area contributed by atoms with E-state index in [-0.39, 0.29) is 6.61 Å². The van der Waals surface area contributed by atoms with Crippen LogP contribution in [-0.2, 0) is 6.42 Å². The highest BCUT2D eigenvalue weighted by Crippen LogP contribution is 2.25. The summed E-state index contributed by atoms with van der Waals surface area (Å²) in [6.45, 7) is 9.12. The number of aliphatic hydroxyl groups excluding tert-OH is 1. The van der Waals surface area contributed by atoms with Gasteiger partial charge in [0.2, 0.25) is 0 Å². The second kappa shape index (κ2) is 7.42. The summed E-state index contributed by atoms with van der Waals surface area (Å²) in [4.78, 5) is 0. The Labute approximate surface area is 111 Å². The minimum absolute atomic E-state index is 0.0645. The van der Waals surface area contributed by atoms with Crippen LogP contribution in [0, 0.1) is 19.8 Å². The standard InChI is InChI=1S/C16H26O2/c1-12(2)6-5-7-15-10-13(3)16(14(4)11-15)18-9-8-17/h10-12,17H,5-9H2,1-4H3. The van der Waals surface area contributed by atoms with Crippen LogP contribution in [0.25, 0.3) is 0 Å². The molecule has 1 aromatic rings. The van der Waals surface area contributed by atoms with E-state index < -0.39 is 0 Å². The van der Waals surface area contributed by atoms with Crippen LogP contribution in [0.15, 0.2) is 12.1 Å². The van der Waals surface area contributed by atoms with E-state index in [1.165, 1.54) is 29.5 Å². The number of rotatable bonds is 7. The highest BCUT2D eigenvalue weighted by atomic mass is 16.5. The van der Waals surface area contributed by atoms with E-state index in [0.29, 0.717) is 6.61 Å². The first-order valence-electron chi connectivity index (χ1n) is 6.88. The van der Waals surface area contributed by atoms with Crippen molar-refractivity contribution in [1.29, 1.82) is 0 Å². The van der Waals surface area contributed by atoms with Gasteiger partial charge < -0.3 is 9.84 Å². The molecule has 0 amide bonds. The second-order valence-corrected chi connectivity index (χ2v) is 5.42. The number of aliphatic hydroxyl groups is 1. The van der Waals surface area contributed by atoms with Crippen LogP contribution in [0.5, 0.6) is 5.75 Å². The Kier molecular flexibility index (Phi) is 6.20. The molecule has 0 radical (unpaired) electrons. The number of aryl methyl sites for hydroxylation is 3. The van der Waals surface area contributed by atoms with E-state index in [0.717, 1.165) is 18.1 Å². The molecule has 0 bridgehead atoms. The first kappa shape index (κ1) is 15.0. The smallest absolute Gasteiger partial charge is 0.125 e. The van der Waals surface area contributed by atoms with Gasteiger partial charge in [-0.05, 0) is 49.3 Å². The lowest BCUT2D eigenvalue weighted by molar-refractivity contribution is 0.200. The Morgan fingerprint density at radius 2 is 1.78 bits per heavy atom. The number of ether oxygens (including phenoxy) is 1. The molecule has 1 N–H and O–H groups in total. The largest absolute Gasteiger partial charge is 0.491 e. The molecule has 0 unspecified atom stereocenters. The summed E-state index contributed by atoms with van der Waals surface area (Å²) in [5.41, 5.74) is 3.73. The van der Waals surface area contributed by atoms with Gasteiger partial charge in [-0.3, -0.25) is 0 Å². The normalized spacial score (nSPS) is 11.0. The summed E-state index contributed by atoms with van der Waals surface area (Å²) >= 11 is 0. The van der Waals surface area contributed by atoms with Gasteiger partial charge in [0.25, 0.3) is 0 Å². The molecule has 1 rings (SSSR count). The SMILES string of the molecule is Cc1cc(CCCC(C)C)cc(C)c1OCCO. The molecule has 0 saturated heterocycles. The van der Waals surface area contributed by atoms with Gasteiger partial charge in [-0.15, -0.1) is 0 Å². The van der Waals surface area contributed by atoms with Crippen molar-refractivity contribution in [2.24, 2.45) is 5.92 Å². The molecule has 0 aliphatic carbocycles. The molecule has 102 valence electrons. The zero-order valence-corrected chi connectivity index (χ0v) is 12.1. The quantitative estimate of drug-likeness (QED) is 0.800. The molecule has 2 heteroatoms. The molecule has 0 aliphatic rings. The van der Waals surface area contributed by atoms with Crippen LogP contribution < -0.4 is 4.74 Å². The molecule has 1 aromatic carbocycles. The summed E-state index contributed by atoms with van der Waals surface area (Å²) in [6.07, 6.45) is 3.66. The molecule has 0 saturated carbocycles. The van der Waals surface area contributed by atoms with E-state index in [1.54, 1.807) is 0 Å². The Balaban J connectivity index is 2.67. The van der Waals surface area contributed by atoms with Crippen LogP contribution >= 0.6 is 0 Å². The van der Waals surface area contributed by atoms with Gasteiger partial charge in [0, 0.05) is 0 Å². The highest BCUT2D eigenvalue weighted by Gasteiger charge is 2.06. The van der Waals surface area contributed by atoms with Crippen molar-refractivity contribution in [3.63, 3.8) is 0 Å². The molecule has 0 fully saturated rings. The topological polar surface area (TPSA) is 29.5 Å². The van der Waals surface area contributed by atoms with E-state index in [4.69, 9.17) is 9.84 Å². The Morgan fingerprint density at radius 3 is 2.28 bits per heavy atom. The van der Waals surface area contributed by atoms with Crippen molar-refractivity contribution in [3.05, 3.63) is 28.8 Å². The third-order valence-electron chi connectivity index (χ3n) is 3.10. The highest BCUT2D eigenvalue weighted by molar-refractivity contribution is 5.43. The fraction of sp³-hybridized carbons (Fsp3) is 0.625. The third-order valence-corrected chi connectivity index (χ3v) is 3.10. The van der Waals surface area contributed by atoms with E-state index in [2.05, 4.69) is 39.8 Å². The average molecular weight is 250 g/mol. The molecule has 18 heavy (non-hydrogen) atoms. The third kappa shape index (κ3) is 4.69. The Bertz CT molecular complexity index is 346. The van der Waals surface area contributed by atoms with Crippen LogP contribution in [0.3, 0.4) is 0 Å². The Hall–Kier alpha value is -1.02. The predicted molar refractivity (Wildman–Crippen MR) is 76.3 cm³/mol. The number of hydrogen-bond donors (Lipinski definition) is 1. The lowest BCUT2D eigenvalue weighted by Gasteiger charge is -2.13. The average Bonchev–Trinajstić information content (AvgIpc) is 2.27. The monoisotopic (exact) mass is 250 g/mol. The zero-order valence-electron chi connectivity index (χ0n) is 12.1. The molecule has 2 nitrogen and oxygen atoms in total. The van der Waals surface area contributed by atoms with Crippen LogP contribution in [0.4, 0.5) is 0 Å². The van der Waals surface area contributed by atoms with Crippen LogP contribution in [-0.4, -0.2) is 18.3 Å². The maximum absolute atomic E-state index is 8.81. The minimum atomic E-state index is 0.0645. The van der Waals surface area contributed by atoms with Gasteiger partial charge in [-0.25, -0.2) is 0 Å². The minimum Gasteiger partial charge on any atom is -0.491 e. The van der Waals surface area contributed by atoms with Gasteiger partial charge in [0.05, 0.1) is 6.61 Å². The van der Waals surface area contributed by atoms with Gasteiger partial charge in [-0.1, -0.05) is 32.4 Å². The molecule has 0 aromatic heterocycles. The van der Waals surface area contributed by atoms with Crippen molar-refractivity contribution >= 4 is 0 Å². The maximum atomic E-state index is 8.81. The van der Waals surface area contributed by atoms with E-state index in [9.17, 15) is 0 Å². The van der Waals surface area contributed by atoms with Gasteiger partial charge in [0.1, 0.15) is 12.4 Å². The first-order valence-corrected chi connectivity index (χ1v) is 6.88. The van der Waals surface area contributed by atoms with Crippen molar-refractivity contribution in [1.82, 2.24) is 0 Å². The molecule has 0 heterocycles. The molecular formula is C16H26O2. The van der Waals surface area contributed by atoms with Crippen LogP contribution in [0.1, 0.15) is 43.4 Å². The van der Waals surface area contributed by atoms with E-state index >= 15 is 0 Å². The molecular weight excluding hydrogens is 224 g/mol. The summed E-state index contributed by atoms with van der Waals surface area (Å²) in [7, 11) is 0. The van der Waals surface area contributed by atoms with Gasteiger partial charge >= 0.3 is 0 Å². The summed E-state index contributed by atoms with van der Waals surface area (Å²) in [5.74, 6) is 1.70. The fourth-order valence-electron chi connectivity index (χ4n) is 2.27. The lowest BCUT2D eigenvalue weighted by atomic mass is 9.99. The van der Waals surface area contributed by atoms with Crippen molar-refractivity contribution in [3.8, 4) is 5.75 Å². The second-order valence-electron chi connectivity index (χ2n) is 5.42.